The molecule has 1 rings (SSSR count). The van der Waals surface area contributed by atoms with Gasteiger partial charge < -0.3 is 0 Å². The lowest BCUT2D eigenvalue weighted by molar-refractivity contribution is 0.233. The topological polar surface area (TPSA) is 15.3 Å². The van der Waals surface area contributed by atoms with Crippen molar-refractivity contribution in [1.82, 2.24) is 10.4 Å². The maximum absolute atomic E-state index is 3.54. The molecule has 0 amide bonds. The standard InChI is InChI=1S/C16H34N2/c1-2-3-4-5-6-7-8-9-10-11-14-17-18-15-12-13-16-18/h17H,2-16H2,1H3. The minimum absolute atomic E-state index is 1.19. The van der Waals surface area contributed by atoms with Crippen LogP contribution in [0.15, 0.2) is 0 Å². The third kappa shape index (κ3) is 8.93. The van der Waals surface area contributed by atoms with Crippen molar-refractivity contribution in [3.63, 3.8) is 0 Å². The molecule has 2 heteroatoms. The van der Waals surface area contributed by atoms with Crippen LogP contribution in [0.4, 0.5) is 0 Å². The first-order valence-corrected chi connectivity index (χ1v) is 8.42. The molecule has 0 bridgehead atoms. The van der Waals surface area contributed by atoms with E-state index in [1.54, 1.807) is 0 Å². The predicted molar refractivity (Wildman–Crippen MR) is 80.7 cm³/mol. The van der Waals surface area contributed by atoms with Gasteiger partial charge in [0.1, 0.15) is 0 Å². The minimum atomic E-state index is 1.19. The van der Waals surface area contributed by atoms with Gasteiger partial charge in [0.2, 0.25) is 0 Å². The molecule has 108 valence electrons. The Labute approximate surface area is 114 Å². The summed E-state index contributed by atoms with van der Waals surface area (Å²) in [4.78, 5) is 0. The monoisotopic (exact) mass is 254 g/mol. The molecule has 1 fully saturated rings. The van der Waals surface area contributed by atoms with Crippen LogP contribution in [-0.4, -0.2) is 24.6 Å². The van der Waals surface area contributed by atoms with Crippen molar-refractivity contribution >= 4 is 0 Å². The Morgan fingerprint density at radius 2 is 1.22 bits per heavy atom. The fraction of sp³-hybridized carbons (Fsp3) is 1.00. The normalized spacial score (nSPS) is 16.5. The van der Waals surface area contributed by atoms with E-state index in [4.69, 9.17) is 0 Å². The van der Waals surface area contributed by atoms with E-state index in [2.05, 4.69) is 17.4 Å². The van der Waals surface area contributed by atoms with Gasteiger partial charge >= 0.3 is 0 Å². The second-order valence-electron chi connectivity index (χ2n) is 5.78. The number of hydrogen-bond acceptors (Lipinski definition) is 2. The van der Waals surface area contributed by atoms with Crippen molar-refractivity contribution in [3.8, 4) is 0 Å². The zero-order chi connectivity index (χ0) is 12.9. The molecular weight excluding hydrogens is 220 g/mol. The summed E-state index contributed by atoms with van der Waals surface area (Å²) >= 11 is 0. The van der Waals surface area contributed by atoms with Gasteiger partial charge in [-0.15, -0.1) is 0 Å². The highest BCUT2D eigenvalue weighted by Gasteiger charge is 2.09. The Kier molecular flexibility index (Phi) is 10.6. The van der Waals surface area contributed by atoms with Crippen LogP contribution in [0.5, 0.6) is 0 Å². The molecule has 0 unspecified atom stereocenters. The van der Waals surface area contributed by atoms with Crippen LogP contribution in [0.25, 0.3) is 0 Å². The van der Waals surface area contributed by atoms with Crippen molar-refractivity contribution in [2.45, 2.75) is 84.0 Å². The van der Waals surface area contributed by atoms with E-state index in [1.807, 2.05) is 0 Å². The van der Waals surface area contributed by atoms with Gasteiger partial charge in [-0.25, -0.2) is 5.01 Å². The molecule has 1 saturated heterocycles. The molecule has 18 heavy (non-hydrogen) atoms. The first kappa shape index (κ1) is 16.0. The SMILES string of the molecule is CCCCCCCCCCCCNN1CCCC1. The molecule has 0 aromatic rings. The van der Waals surface area contributed by atoms with Gasteiger partial charge in [0, 0.05) is 19.6 Å². The van der Waals surface area contributed by atoms with Crippen LogP contribution in [0.3, 0.4) is 0 Å². The third-order valence-electron chi connectivity index (χ3n) is 3.97. The number of unbranched alkanes of at least 4 members (excludes halogenated alkanes) is 9. The van der Waals surface area contributed by atoms with Gasteiger partial charge in [-0.3, -0.25) is 5.43 Å². The Morgan fingerprint density at radius 1 is 0.722 bits per heavy atom. The third-order valence-corrected chi connectivity index (χ3v) is 3.97. The molecule has 0 aliphatic carbocycles. The molecule has 1 N–H and O–H groups in total. The fourth-order valence-electron chi connectivity index (χ4n) is 2.72. The highest BCUT2D eigenvalue weighted by Crippen LogP contribution is 2.10. The molecule has 0 radical (unpaired) electrons. The first-order chi connectivity index (χ1) is 8.93. The van der Waals surface area contributed by atoms with Crippen molar-refractivity contribution in [1.29, 1.82) is 0 Å². The van der Waals surface area contributed by atoms with Crippen LogP contribution in [0.1, 0.15) is 84.0 Å². The lowest BCUT2D eigenvalue weighted by Gasteiger charge is -2.15. The van der Waals surface area contributed by atoms with E-state index in [0.717, 1.165) is 0 Å². The molecule has 1 aliphatic heterocycles. The molecule has 1 heterocycles. The van der Waals surface area contributed by atoms with E-state index in [0.29, 0.717) is 0 Å². The number of nitrogens with zero attached hydrogens (tertiary/aromatic N) is 1. The first-order valence-electron chi connectivity index (χ1n) is 8.42. The Hall–Kier alpha value is -0.0800. The van der Waals surface area contributed by atoms with Gasteiger partial charge in [-0.2, -0.15) is 0 Å². The molecule has 1 aliphatic rings. The zero-order valence-electron chi connectivity index (χ0n) is 12.6. The highest BCUT2D eigenvalue weighted by atomic mass is 15.5. The maximum atomic E-state index is 3.54. The van der Waals surface area contributed by atoms with Crippen molar-refractivity contribution in [2.24, 2.45) is 0 Å². The summed E-state index contributed by atoms with van der Waals surface area (Å²) in [6.45, 7) is 6.00. The molecular formula is C16H34N2. The van der Waals surface area contributed by atoms with E-state index in [-0.39, 0.29) is 0 Å². The average Bonchev–Trinajstić information content (AvgIpc) is 2.89. The van der Waals surface area contributed by atoms with Gasteiger partial charge in [0.05, 0.1) is 0 Å². The average molecular weight is 254 g/mol. The van der Waals surface area contributed by atoms with Gasteiger partial charge in [-0.1, -0.05) is 64.7 Å². The van der Waals surface area contributed by atoms with Crippen LogP contribution in [0.2, 0.25) is 0 Å². The smallest absolute Gasteiger partial charge is 0.0131 e. The summed E-state index contributed by atoms with van der Waals surface area (Å²) in [6.07, 6.45) is 17.1. The van der Waals surface area contributed by atoms with Crippen LogP contribution < -0.4 is 5.43 Å². The van der Waals surface area contributed by atoms with E-state index in [9.17, 15) is 0 Å². The van der Waals surface area contributed by atoms with Crippen LogP contribution in [0, 0.1) is 0 Å². The van der Waals surface area contributed by atoms with Gasteiger partial charge in [0.15, 0.2) is 0 Å². The lowest BCUT2D eigenvalue weighted by atomic mass is 10.1. The lowest BCUT2D eigenvalue weighted by Crippen LogP contribution is -2.35. The minimum Gasteiger partial charge on any atom is -0.255 e. The summed E-state index contributed by atoms with van der Waals surface area (Å²) < 4.78 is 0. The number of hydrogen-bond donors (Lipinski definition) is 1. The summed E-state index contributed by atoms with van der Waals surface area (Å²) in [6, 6.07) is 0. The maximum Gasteiger partial charge on any atom is 0.0131 e. The quantitative estimate of drug-likeness (QED) is 0.516. The molecule has 0 aromatic carbocycles. The number of hydrazine groups is 1. The molecule has 2 nitrogen and oxygen atoms in total. The zero-order valence-corrected chi connectivity index (χ0v) is 12.6. The summed E-state index contributed by atoms with van der Waals surface area (Å²) in [5, 5.41) is 2.40. The predicted octanol–water partition coefficient (Wildman–Crippen LogP) is 4.51. The van der Waals surface area contributed by atoms with E-state index < -0.39 is 0 Å². The highest BCUT2D eigenvalue weighted by molar-refractivity contribution is 4.61. The molecule has 0 aromatic heterocycles. The van der Waals surface area contributed by atoms with E-state index >= 15 is 0 Å². The molecule has 0 atom stereocenters. The second-order valence-corrected chi connectivity index (χ2v) is 5.78. The van der Waals surface area contributed by atoms with Gasteiger partial charge in [0.25, 0.3) is 0 Å². The van der Waals surface area contributed by atoms with Crippen LogP contribution in [-0.2, 0) is 0 Å². The van der Waals surface area contributed by atoms with Crippen LogP contribution >= 0.6 is 0 Å². The number of nitrogens with one attached hydrogen (secondary N) is 1. The van der Waals surface area contributed by atoms with Crippen molar-refractivity contribution in [2.75, 3.05) is 19.6 Å². The summed E-state index contributed by atoms with van der Waals surface area (Å²) in [5.74, 6) is 0. The van der Waals surface area contributed by atoms with Gasteiger partial charge in [-0.05, 0) is 19.3 Å². The van der Waals surface area contributed by atoms with E-state index in [1.165, 1.54) is 96.7 Å². The Bertz CT molecular complexity index is 164. The summed E-state index contributed by atoms with van der Waals surface area (Å²) in [7, 11) is 0. The fourth-order valence-corrected chi connectivity index (χ4v) is 2.72. The molecule has 0 saturated carbocycles. The van der Waals surface area contributed by atoms with Crippen molar-refractivity contribution < 1.29 is 0 Å². The Morgan fingerprint density at radius 3 is 1.78 bits per heavy atom. The molecule has 0 spiro atoms. The number of rotatable bonds is 12. The summed E-state index contributed by atoms with van der Waals surface area (Å²) in [5.41, 5.74) is 3.54. The van der Waals surface area contributed by atoms with Crippen molar-refractivity contribution in [3.05, 3.63) is 0 Å². The largest absolute Gasteiger partial charge is 0.255 e. The second kappa shape index (κ2) is 12.0. The Balaban J connectivity index is 1.68.